The highest BCUT2D eigenvalue weighted by Gasteiger charge is 2.31. The molecule has 6 rings (SSSR count). The van der Waals surface area contributed by atoms with Gasteiger partial charge in [-0.1, -0.05) is 45.2 Å². The van der Waals surface area contributed by atoms with E-state index in [1.807, 2.05) is 6.92 Å². The van der Waals surface area contributed by atoms with E-state index in [0.29, 0.717) is 68.3 Å². The number of phenolic OH excluding ortho intramolecular Hbond substituents is 1. The summed E-state index contributed by atoms with van der Waals surface area (Å²) in [5.41, 5.74) is 3.93. The second-order valence-electron chi connectivity index (χ2n) is 12.1. The number of halogens is 2. The van der Waals surface area contributed by atoms with Gasteiger partial charge in [-0.25, -0.2) is 0 Å². The number of hydrogen-bond donors (Lipinski definition) is 2. The van der Waals surface area contributed by atoms with Crippen molar-refractivity contribution in [2.75, 3.05) is 0 Å². The van der Waals surface area contributed by atoms with Crippen LogP contribution >= 0.6 is 31.9 Å². The Morgan fingerprint density at radius 1 is 0.740 bits per heavy atom. The molecular formula is C39H32Br2N2O7. The van der Waals surface area contributed by atoms with E-state index in [0.717, 1.165) is 8.95 Å². The molecule has 11 heteroatoms. The Kier molecular flexibility index (Phi) is 9.82. The average molecular weight is 801 g/mol. The van der Waals surface area contributed by atoms with Crippen LogP contribution < -0.4 is 4.74 Å². The molecule has 2 heterocycles. The first kappa shape index (κ1) is 34.8. The van der Waals surface area contributed by atoms with Gasteiger partial charge in [0.25, 0.3) is 11.8 Å². The summed E-state index contributed by atoms with van der Waals surface area (Å²) >= 11 is 6.79. The number of aromatic nitrogens is 2. The number of benzene rings is 4. The van der Waals surface area contributed by atoms with E-state index in [1.165, 1.54) is 10.6 Å². The third-order valence-electron chi connectivity index (χ3n) is 8.89. The zero-order valence-corrected chi connectivity index (χ0v) is 30.5. The van der Waals surface area contributed by atoms with Crippen LogP contribution in [0.4, 0.5) is 0 Å². The quantitative estimate of drug-likeness (QED) is 0.110. The Morgan fingerprint density at radius 2 is 1.28 bits per heavy atom. The number of nitrogens with zero attached hydrogens (tertiary/aromatic N) is 2. The Balaban J connectivity index is 1.42. The Hall–Kier alpha value is -5.00. The predicted octanol–water partition coefficient (Wildman–Crippen LogP) is 8.94. The van der Waals surface area contributed by atoms with Gasteiger partial charge < -0.3 is 14.9 Å². The van der Waals surface area contributed by atoms with Crippen molar-refractivity contribution in [1.82, 2.24) is 9.13 Å². The van der Waals surface area contributed by atoms with Crippen molar-refractivity contribution >= 4 is 77.4 Å². The van der Waals surface area contributed by atoms with Gasteiger partial charge in [-0.15, -0.1) is 0 Å². The van der Waals surface area contributed by atoms with Crippen molar-refractivity contribution in [3.63, 3.8) is 0 Å². The molecule has 9 nitrogen and oxygen atoms in total. The first-order valence-corrected chi connectivity index (χ1v) is 17.5. The second-order valence-corrected chi connectivity index (χ2v) is 13.9. The van der Waals surface area contributed by atoms with Crippen molar-refractivity contribution in [2.24, 2.45) is 0 Å². The average Bonchev–Trinajstić information content (AvgIpc) is 3.51. The van der Waals surface area contributed by atoms with Gasteiger partial charge in [-0.2, -0.15) is 0 Å². The molecule has 4 aromatic carbocycles. The summed E-state index contributed by atoms with van der Waals surface area (Å²) in [7, 11) is 0. The first-order valence-electron chi connectivity index (χ1n) is 15.9. The highest BCUT2D eigenvalue weighted by Crippen LogP contribution is 2.38. The zero-order valence-electron chi connectivity index (χ0n) is 27.4. The number of fused-ring (bicyclic) bond motifs is 2. The van der Waals surface area contributed by atoms with Crippen LogP contribution in [0.25, 0.3) is 21.8 Å². The maximum Gasteiger partial charge on any atom is 0.318 e. The number of carboxylic acids is 1. The van der Waals surface area contributed by atoms with Gasteiger partial charge in [-0.3, -0.25) is 28.3 Å². The van der Waals surface area contributed by atoms with Gasteiger partial charge >= 0.3 is 11.9 Å². The fourth-order valence-corrected chi connectivity index (χ4v) is 7.12. The zero-order chi connectivity index (χ0) is 35.9. The molecule has 0 spiro atoms. The molecule has 0 aliphatic rings. The van der Waals surface area contributed by atoms with Gasteiger partial charge in [0.15, 0.2) is 0 Å². The molecule has 1 atom stereocenters. The topological polar surface area (TPSA) is 128 Å². The molecule has 0 aliphatic heterocycles. The van der Waals surface area contributed by atoms with Crippen molar-refractivity contribution in [1.29, 1.82) is 0 Å². The molecule has 254 valence electrons. The minimum Gasteiger partial charge on any atom is -0.508 e. The second kappa shape index (κ2) is 14.1. The SMILES string of the molecule is CCCC(C(=O)Oc1ccc2c(c1)c(CC(=O)O)c(C)n2C(=O)c1ccc(Br)cc1)c1c(C)n(C(=O)c2ccc(Br)cc2)c2ccc(O)cc12. The van der Waals surface area contributed by atoms with Gasteiger partial charge in [0.05, 0.1) is 23.4 Å². The maximum absolute atomic E-state index is 14.1. The van der Waals surface area contributed by atoms with E-state index in [1.54, 1.807) is 97.3 Å². The normalized spacial score (nSPS) is 11.9. The number of carboxylic acid groups (broad SMARTS) is 1. The van der Waals surface area contributed by atoms with Crippen LogP contribution in [-0.4, -0.2) is 43.1 Å². The van der Waals surface area contributed by atoms with Crippen LogP contribution in [0.15, 0.2) is 93.9 Å². The van der Waals surface area contributed by atoms with E-state index in [4.69, 9.17) is 4.74 Å². The molecule has 0 aliphatic carbocycles. The number of aliphatic carboxylic acids is 1. The number of ether oxygens (including phenoxy) is 1. The standard InChI is InChI=1S/C39H32Br2N2O7/c1-4-5-29(36-22(3)43(34-16-14-27(44)18-32(34)36)38(48)24-8-12-26(41)13-9-24)39(49)50-28-15-17-33-31(19-28)30(20-35(45)46)21(2)42(33)37(47)23-6-10-25(40)11-7-23/h6-19,29,44H,4-5,20H2,1-3H3,(H,45,46). The molecule has 0 fully saturated rings. The van der Waals surface area contributed by atoms with Crippen LogP contribution in [0.2, 0.25) is 0 Å². The highest BCUT2D eigenvalue weighted by atomic mass is 79.9. The number of phenols is 1. The smallest absolute Gasteiger partial charge is 0.318 e. The third kappa shape index (κ3) is 6.50. The molecule has 0 bridgehead atoms. The van der Waals surface area contributed by atoms with Crippen molar-refractivity contribution in [2.45, 2.75) is 46.0 Å². The molecule has 0 saturated carbocycles. The minimum atomic E-state index is -1.07. The molecule has 6 aromatic rings. The lowest BCUT2D eigenvalue weighted by Gasteiger charge is -2.17. The van der Waals surface area contributed by atoms with E-state index in [-0.39, 0.29) is 29.7 Å². The molecule has 1 unspecified atom stereocenters. The van der Waals surface area contributed by atoms with Crippen molar-refractivity contribution < 1.29 is 34.1 Å². The first-order chi connectivity index (χ1) is 23.9. The lowest BCUT2D eigenvalue weighted by atomic mass is 9.92. The molecular weight excluding hydrogens is 768 g/mol. The molecule has 0 saturated heterocycles. The Labute approximate surface area is 304 Å². The third-order valence-corrected chi connectivity index (χ3v) is 9.95. The minimum absolute atomic E-state index is 0.00964. The summed E-state index contributed by atoms with van der Waals surface area (Å²) in [5.74, 6) is -2.88. The van der Waals surface area contributed by atoms with Crippen LogP contribution in [0.1, 0.15) is 68.9 Å². The Bertz CT molecular complexity index is 2320. The number of esters is 1. The van der Waals surface area contributed by atoms with Crippen LogP contribution in [0.3, 0.4) is 0 Å². The van der Waals surface area contributed by atoms with E-state index < -0.39 is 17.9 Å². The molecule has 0 radical (unpaired) electrons. The van der Waals surface area contributed by atoms with Crippen LogP contribution in [0.5, 0.6) is 11.5 Å². The number of hydrogen-bond acceptors (Lipinski definition) is 6. The van der Waals surface area contributed by atoms with Crippen LogP contribution in [-0.2, 0) is 16.0 Å². The van der Waals surface area contributed by atoms with E-state index >= 15 is 0 Å². The van der Waals surface area contributed by atoms with Crippen LogP contribution in [0, 0.1) is 13.8 Å². The molecule has 0 amide bonds. The van der Waals surface area contributed by atoms with E-state index in [9.17, 15) is 29.4 Å². The Morgan fingerprint density at radius 3 is 1.84 bits per heavy atom. The maximum atomic E-state index is 14.1. The fraction of sp³-hybridized carbons (Fsp3) is 0.179. The summed E-state index contributed by atoms with van der Waals surface area (Å²) in [6.45, 7) is 5.41. The molecule has 50 heavy (non-hydrogen) atoms. The summed E-state index contributed by atoms with van der Waals surface area (Å²) < 4.78 is 10.7. The number of carbonyl (C=O) groups is 4. The van der Waals surface area contributed by atoms with Crippen molar-refractivity contribution in [3.05, 3.63) is 128 Å². The monoisotopic (exact) mass is 798 g/mol. The molecule has 2 N–H and O–H groups in total. The summed E-state index contributed by atoms with van der Waals surface area (Å²) in [6.07, 6.45) is 0.672. The summed E-state index contributed by atoms with van der Waals surface area (Å²) in [5, 5.41) is 21.3. The predicted molar refractivity (Wildman–Crippen MR) is 197 cm³/mol. The van der Waals surface area contributed by atoms with Gasteiger partial charge in [0.2, 0.25) is 0 Å². The highest BCUT2D eigenvalue weighted by molar-refractivity contribution is 9.10. The number of carbonyl (C=O) groups excluding carboxylic acids is 3. The van der Waals surface area contributed by atoms with Gasteiger partial charge in [-0.05, 0) is 116 Å². The fourth-order valence-electron chi connectivity index (χ4n) is 6.59. The van der Waals surface area contributed by atoms with Gasteiger partial charge in [0.1, 0.15) is 11.5 Å². The number of aromatic hydroxyl groups is 1. The van der Waals surface area contributed by atoms with Gasteiger partial charge in [0, 0.05) is 42.2 Å². The lowest BCUT2D eigenvalue weighted by molar-refractivity contribution is -0.137. The van der Waals surface area contributed by atoms with Crippen molar-refractivity contribution in [3.8, 4) is 11.5 Å². The lowest BCUT2D eigenvalue weighted by Crippen LogP contribution is -2.20. The summed E-state index contributed by atoms with van der Waals surface area (Å²) in [4.78, 5) is 53.5. The molecule has 2 aromatic heterocycles. The van der Waals surface area contributed by atoms with E-state index in [2.05, 4.69) is 31.9 Å². The summed E-state index contributed by atoms with van der Waals surface area (Å²) in [6, 6.07) is 23.4. The largest absolute Gasteiger partial charge is 0.508 e. The number of rotatable bonds is 9.